The van der Waals surface area contributed by atoms with Crippen LogP contribution in [0.2, 0.25) is 0 Å². The number of halogens is 2. The largest absolute Gasteiger partial charge is 0.314 e. The van der Waals surface area contributed by atoms with E-state index in [0.29, 0.717) is 6.04 Å². The van der Waals surface area contributed by atoms with Crippen molar-refractivity contribution < 1.29 is 4.39 Å². The van der Waals surface area contributed by atoms with Crippen LogP contribution in [0.3, 0.4) is 0 Å². The summed E-state index contributed by atoms with van der Waals surface area (Å²) in [7, 11) is 0. The first-order valence-corrected chi connectivity index (χ1v) is 7.41. The van der Waals surface area contributed by atoms with Crippen LogP contribution < -0.4 is 5.32 Å². The number of rotatable bonds is 4. The Bertz CT molecular complexity index is 391. The predicted octanol–water partition coefficient (Wildman–Crippen LogP) is 3.33. The first-order chi connectivity index (χ1) is 8.72. The van der Waals surface area contributed by atoms with Gasteiger partial charge in [0, 0.05) is 36.7 Å². The molecule has 0 aromatic heterocycles. The van der Waals surface area contributed by atoms with Crippen molar-refractivity contribution in [2.75, 3.05) is 26.2 Å². The third kappa shape index (κ3) is 3.31. The second kappa shape index (κ2) is 6.64. The van der Waals surface area contributed by atoms with Crippen LogP contribution in [0.5, 0.6) is 0 Å². The fraction of sp³-hybridized carbons (Fsp3) is 0.571. The van der Waals surface area contributed by atoms with Crippen molar-refractivity contribution in [2.45, 2.75) is 25.8 Å². The predicted molar refractivity (Wildman–Crippen MR) is 76.2 cm³/mol. The third-order valence-electron chi connectivity index (χ3n) is 3.48. The topological polar surface area (TPSA) is 15.3 Å². The van der Waals surface area contributed by atoms with Crippen molar-refractivity contribution in [3.05, 3.63) is 34.1 Å². The van der Waals surface area contributed by atoms with Crippen LogP contribution in [0.25, 0.3) is 0 Å². The molecule has 4 heteroatoms. The zero-order chi connectivity index (χ0) is 13.0. The second-order valence-corrected chi connectivity index (χ2v) is 5.61. The Morgan fingerprint density at radius 1 is 1.39 bits per heavy atom. The molecule has 2 nitrogen and oxygen atoms in total. The van der Waals surface area contributed by atoms with E-state index in [4.69, 9.17) is 0 Å². The van der Waals surface area contributed by atoms with Crippen LogP contribution in [0, 0.1) is 5.82 Å². The van der Waals surface area contributed by atoms with Gasteiger partial charge >= 0.3 is 0 Å². The molecule has 0 radical (unpaired) electrons. The lowest BCUT2D eigenvalue weighted by Crippen LogP contribution is -2.45. The summed E-state index contributed by atoms with van der Waals surface area (Å²) in [5, 5.41) is 3.37. The summed E-state index contributed by atoms with van der Waals surface area (Å²) in [6.07, 6.45) is 2.25. The molecular weight excluding hydrogens is 295 g/mol. The minimum Gasteiger partial charge on any atom is -0.314 e. The molecule has 0 amide bonds. The molecule has 1 aliphatic rings. The van der Waals surface area contributed by atoms with Gasteiger partial charge in [0.15, 0.2) is 0 Å². The summed E-state index contributed by atoms with van der Waals surface area (Å²) in [4.78, 5) is 2.50. The highest BCUT2D eigenvalue weighted by Crippen LogP contribution is 2.32. The second-order valence-electron chi connectivity index (χ2n) is 4.76. The smallest absolute Gasteiger partial charge is 0.124 e. The molecule has 2 rings (SSSR count). The minimum atomic E-state index is -0.179. The van der Waals surface area contributed by atoms with Crippen molar-refractivity contribution in [3.63, 3.8) is 0 Å². The Morgan fingerprint density at radius 3 is 2.72 bits per heavy atom. The number of piperazine rings is 1. The number of nitrogens with zero attached hydrogens (tertiary/aromatic N) is 1. The van der Waals surface area contributed by atoms with E-state index in [9.17, 15) is 4.39 Å². The molecule has 1 saturated heterocycles. The standard InChI is InChI=1S/C14H20BrFN2/c1-2-3-14(18-8-6-17-7-9-18)12-5-4-11(16)10-13(12)15/h4-5,10,14,17H,2-3,6-9H2,1H3/t14-/m0/s1. The van der Waals surface area contributed by atoms with E-state index in [1.54, 1.807) is 12.1 Å². The summed E-state index contributed by atoms with van der Waals surface area (Å²) in [6, 6.07) is 5.44. The molecule has 100 valence electrons. The molecule has 1 aromatic rings. The highest BCUT2D eigenvalue weighted by atomic mass is 79.9. The van der Waals surface area contributed by atoms with Gasteiger partial charge in [0.05, 0.1) is 0 Å². The van der Waals surface area contributed by atoms with E-state index in [1.807, 2.05) is 6.07 Å². The maximum Gasteiger partial charge on any atom is 0.124 e. The number of hydrogen-bond donors (Lipinski definition) is 1. The van der Waals surface area contributed by atoms with Gasteiger partial charge < -0.3 is 5.32 Å². The van der Waals surface area contributed by atoms with E-state index >= 15 is 0 Å². The molecule has 1 aliphatic heterocycles. The molecule has 1 aromatic carbocycles. The van der Waals surface area contributed by atoms with Gasteiger partial charge in [-0.1, -0.05) is 35.3 Å². The zero-order valence-corrected chi connectivity index (χ0v) is 12.3. The van der Waals surface area contributed by atoms with Gasteiger partial charge in [0.1, 0.15) is 5.82 Å². The van der Waals surface area contributed by atoms with Crippen molar-refractivity contribution >= 4 is 15.9 Å². The van der Waals surface area contributed by atoms with Gasteiger partial charge in [-0.15, -0.1) is 0 Å². The first-order valence-electron chi connectivity index (χ1n) is 6.62. The normalized spacial score (nSPS) is 18.8. The van der Waals surface area contributed by atoms with Crippen LogP contribution in [-0.2, 0) is 0 Å². The Kier molecular flexibility index (Phi) is 5.15. The van der Waals surface area contributed by atoms with Crippen molar-refractivity contribution in [2.24, 2.45) is 0 Å². The van der Waals surface area contributed by atoms with Gasteiger partial charge in [0.25, 0.3) is 0 Å². The van der Waals surface area contributed by atoms with E-state index in [2.05, 4.69) is 33.1 Å². The number of benzene rings is 1. The summed E-state index contributed by atoms with van der Waals surface area (Å²) >= 11 is 3.50. The van der Waals surface area contributed by atoms with Crippen molar-refractivity contribution in [1.29, 1.82) is 0 Å². The van der Waals surface area contributed by atoms with Crippen molar-refractivity contribution in [3.8, 4) is 0 Å². The van der Waals surface area contributed by atoms with E-state index in [1.165, 1.54) is 5.56 Å². The van der Waals surface area contributed by atoms with E-state index < -0.39 is 0 Å². The van der Waals surface area contributed by atoms with Gasteiger partial charge in [0.2, 0.25) is 0 Å². The molecule has 0 bridgehead atoms. The van der Waals surface area contributed by atoms with Crippen LogP contribution >= 0.6 is 15.9 Å². The quantitative estimate of drug-likeness (QED) is 0.917. The minimum absolute atomic E-state index is 0.179. The Labute approximate surface area is 117 Å². The summed E-state index contributed by atoms with van der Waals surface area (Å²) in [5.41, 5.74) is 1.21. The zero-order valence-electron chi connectivity index (χ0n) is 10.8. The lowest BCUT2D eigenvalue weighted by Gasteiger charge is -2.35. The molecule has 18 heavy (non-hydrogen) atoms. The Hall–Kier alpha value is -0.450. The Balaban J connectivity index is 2.22. The molecule has 1 N–H and O–H groups in total. The first kappa shape index (κ1) is 14.0. The number of nitrogens with one attached hydrogen (secondary N) is 1. The summed E-state index contributed by atoms with van der Waals surface area (Å²) in [6.45, 7) is 6.41. The highest BCUT2D eigenvalue weighted by Gasteiger charge is 2.23. The van der Waals surface area contributed by atoms with Gasteiger partial charge in [-0.05, 0) is 24.1 Å². The van der Waals surface area contributed by atoms with Gasteiger partial charge in [-0.3, -0.25) is 4.90 Å². The van der Waals surface area contributed by atoms with E-state index in [-0.39, 0.29) is 5.82 Å². The van der Waals surface area contributed by atoms with Crippen LogP contribution in [0.15, 0.2) is 22.7 Å². The van der Waals surface area contributed by atoms with Crippen LogP contribution in [0.1, 0.15) is 31.4 Å². The number of hydrogen-bond acceptors (Lipinski definition) is 2. The molecule has 0 spiro atoms. The SMILES string of the molecule is CCC[C@@H](c1ccc(F)cc1Br)N1CCNCC1. The van der Waals surface area contributed by atoms with Gasteiger partial charge in [-0.2, -0.15) is 0 Å². The lowest BCUT2D eigenvalue weighted by atomic mass is 10.00. The van der Waals surface area contributed by atoms with Crippen LogP contribution in [0.4, 0.5) is 4.39 Å². The average Bonchev–Trinajstić information content (AvgIpc) is 2.38. The third-order valence-corrected chi connectivity index (χ3v) is 4.16. The van der Waals surface area contributed by atoms with E-state index in [0.717, 1.165) is 43.5 Å². The summed E-state index contributed by atoms with van der Waals surface area (Å²) < 4.78 is 14.1. The fourth-order valence-corrected chi connectivity index (χ4v) is 3.19. The maximum absolute atomic E-state index is 13.2. The molecule has 0 unspecified atom stereocenters. The molecule has 0 saturated carbocycles. The summed E-state index contributed by atoms with van der Waals surface area (Å²) in [5.74, 6) is -0.179. The molecule has 0 aliphatic carbocycles. The fourth-order valence-electron chi connectivity index (χ4n) is 2.57. The van der Waals surface area contributed by atoms with Gasteiger partial charge in [-0.25, -0.2) is 4.39 Å². The maximum atomic E-state index is 13.2. The molecular formula is C14H20BrFN2. The Morgan fingerprint density at radius 2 is 2.11 bits per heavy atom. The molecule has 1 fully saturated rings. The highest BCUT2D eigenvalue weighted by molar-refractivity contribution is 9.10. The molecule has 1 heterocycles. The lowest BCUT2D eigenvalue weighted by molar-refractivity contribution is 0.164. The van der Waals surface area contributed by atoms with Crippen LogP contribution in [-0.4, -0.2) is 31.1 Å². The molecule has 1 atom stereocenters. The average molecular weight is 315 g/mol. The monoisotopic (exact) mass is 314 g/mol. The van der Waals surface area contributed by atoms with Crippen molar-refractivity contribution in [1.82, 2.24) is 10.2 Å².